The summed E-state index contributed by atoms with van der Waals surface area (Å²) in [5.41, 5.74) is 0.497. The van der Waals surface area contributed by atoms with Crippen molar-refractivity contribution >= 4 is 0 Å². The average Bonchev–Trinajstić information content (AvgIpc) is 2.03. The van der Waals surface area contributed by atoms with Crippen LogP contribution >= 0.6 is 0 Å². The van der Waals surface area contributed by atoms with E-state index in [9.17, 15) is 18.0 Å². The molecule has 0 aromatic carbocycles. The molecular weight excluding hydrogens is 187 g/mol. The molecule has 0 aliphatic rings. The zero-order valence-electron chi connectivity index (χ0n) is 6.59. The summed E-state index contributed by atoms with van der Waals surface area (Å²) in [6.45, 7) is 0. The zero-order chi connectivity index (χ0) is 10.1. The minimum atomic E-state index is -4.49. The maximum atomic E-state index is 12.1. The second-order valence-corrected chi connectivity index (χ2v) is 2.22. The van der Waals surface area contributed by atoms with Gasteiger partial charge in [-0.05, 0) is 0 Å². The first-order valence-corrected chi connectivity index (χ1v) is 3.29. The monoisotopic (exact) mass is 193 g/mol. The molecule has 72 valence electrons. The highest BCUT2D eigenvalue weighted by Gasteiger charge is 2.31. The maximum Gasteiger partial charge on any atom is 0.419 e. The van der Waals surface area contributed by atoms with Crippen LogP contribution in [0.4, 0.5) is 13.2 Å². The highest BCUT2D eigenvalue weighted by molar-refractivity contribution is 5.08. The summed E-state index contributed by atoms with van der Waals surface area (Å²) in [6, 6.07) is 0. The molecule has 0 bridgehead atoms. The van der Waals surface area contributed by atoms with Gasteiger partial charge in [0.2, 0.25) is 0 Å². The lowest BCUT2D eigenvalue weighted by atomic mass is 10.3. The third-order valence-corrected chi connectivity index (χ3v) is 1.36. The molecular formula is C6H6F3N3O. The molecule has 4 nitrogen and oxygen atoms in total. The van der Waals surface area contributed by atoms with E-state index < -0.39 is 17.4 Å². The number of rotatable bonds is 1. The number of hydrogen-bond donors (Lipinski definition) is 1. The minimum absolute atomic E-state index is 0.496. The van der Waals surface area contributed by atoms with Crippen molar-refractivity contribution in [2.45, 2.75) is 6.18 Å². The normalized spacial score (nSPS) is 11.4. The fourth-order valence-electron chi connectivity index (χ4n) is 0.721. The Bertz CT molecular complexity index is 357. The van der Waals surface area contributed by atoms with Crippen LogP contribution in [0.2, 0.25) is 0 Å². The molecule has 1 heterocycles. The van der Waals surface area contributed by atoms with Crippen molar-refractivity contribution in [3.63, 3.8) is 0 Å². The van der Waals surface area contributed by atoms with Crippen molar-refractivity contribution in [2.24, 2.45) is 0 Å². The van der Waals surface area contributed by atoms with Crippen molar-refractivity contribution in [3.05, 3.63) is 28.4 Å². The predicted octanol–water partition coefficient (Wildman–Crippen LogP) is 0.435. The Hall–Kier alpha value is -1.53. The van der Waals surface area contributed by atoms with Gasteiger partial charge in [0.15, 0.2) is 0 Å². The molecule has 0 saturated heterocycles. The van der Waals surface area contributed by atoms with Crippen LogP contribution in [0.25, 0.3) is 0 Å². The molecule has 0 saturated carbocycles. The van der Waals surface area contributed by atoms with E-state index in [4.69, 9.17) is 0 Å². The van der Waals surface area contributed by atoms with Gasteiger partial charge in [-0.1, -0.05) is 0 Å². The lowest BCUT2D eigenvalue weighted by Gasteiger charge is -2.08. The molecule has 7 heteroatoms. The molecule has 1 N–H and O–H groups in total. The molecule has 1 aromatic heterocycles. The summed E-state index contributed by atoms with van der Waals surface area (Å²) in [5, 5.41) is 0. The lowest BCUT2D eigenvalue weighted by Crippen LogP contribution is -2.29. The summed E-state index contributed by atoms with van der Waals surface area (Å²) in [7, 11) is 1.32. The molecule has 0 aliphatic heterocycles. The summed E-state index contributed by atoms with van der Waals surface area (Å²) in [5.74, 6) is 0. The molecule has 0 unspecified atom stereocenters. The number of aromatic nitrogens is 2. The third kappa shape index (κ3) is 1.98. The van der Waals surface area contributed by atoms with Gasteiger partial charge in [-0.25, -0.2) is 9.47 Å². The number of alkyl halides is 3. The molecule has 1 rings (SSSR count). The predicted molar refractivity (Wildman–Crippen MR) is 38.8 cm³/mol. The first-order chi connectivity index (χ1) is 5.95. The van der Waals surface area contributed by atoms with Gasteiger partial charge < -0.3 is 5.43 Å². The molecule has 0 amide bonds. The van der Waals surface area contributed by atoms with E-state index in [2.05, 4.69) is 10.4 Å². The molecule has 0 spiro atoms. The maximum absolute atomic E-state index is 12.1. The Balaban J connectivity index is 3.22. The van der Waals surface area contributed by atoms with Crippen LogP contribution < -0.4 is 11.1 Å². The topological polar surface area (TPSA) is 46.9 Å². The summed E-state index contributed by atoms with van der Waals surface area (Å²) >= 11 is 0. The molecule has 0 fully saturated rings. The van der Waals surface area contributed by atoms with Crippen LogP contribution in [0.1, 0.15) is 5.56 Å². The Kier molecular flexibility index (Phi) is 2.26. The summed E-state index contributed by atoms with van der Waals surface area (Å²) in [6.07, 6.45) is -3.34. The first kappa shape index (κ1) is 9.56. The van der Waals surface area contributed by atoms with E-state index in [0.717, 1.165) is 0 Å². The van der Waals surface area contributed by atoms with Gasteiger partial charge in [0, 0.05) is 19.4 Å². The van der Waals surface area contributed by atoms with Crippen molar-refractivity contribution in [1.29, 1.82) is 0 Å². The lowest BCUT2D eigenvalue weighted by molar-refractivity contribution is -0.138. The quantitative estimate of drug-likeness (QED) is 0.703. The highest BCUT2D eigenvalue weighted by atomic mass is 19.4. The van der Waals surface area contributed by atoms with Crippen LogP contribution in [-0.4, -0.2) is 16.7 Å². The number of nitrogens with one attached hydrogen (secondary N) is 1. The fourth-order valence-corrected chi connectivity index (χ4v) is 0.721. The Morgan fingerprint density at radius 1 is 1.54 bits per heavy atom. The van der Waals surface area contributed by atoms with Crippen molar-refractivity contribution in [1.82, 2.24) is 9.66 Å². The Morgan fingerprint density at radius 2 is 2.15 bits per heavy atom. The fraction of sp³-hybridized carbons (Fsp3) is 0.333. The third-order valence-electron chi connectivity index (χ3n) is 1.36. The van der Waals surface area contributed by atoms with E-state index >= 15 is 0 Å². The summed E-state index contributed by atoms with van der Waals surface area (Å²) < 4.78 is 36.8. The van der Waals surface area contributed by atoms with Crippen molar-refractivity contribution < 1.29 is 13.2 Å². The number of nitrogens with zero attached hydrogens (tertiary/aromatic N) is 2. The Morgan fingerprint density at radius 3 is 2.62 bits per heavy atom. The molecule has 0 aliphatic carbocycles. The van der Waals surface area contributed by atoms with Gasteiger partial charge in [0.05, 0.1) is 5.56 Å². The van der Waals surface area contributed by atoms with Crippen molar-refractivity contribution in [2.75, 3.05) is 12.5 Å². The van der Waals surface area contributed by atoms with Crippen LogP contribution in [0.15, 0.2) is 17.2 Å². The van der Waals surface area contributed by atoms with Crippen LogP contribution in [0.5, 0.6) is 0 Å². The SMILES string of the molecule is CNn1cc(C(F)(F)F)cnc1=O. The van der Waals surface area contributed by atoms with Crippen LogP contribution in [0.3, 0.4) is 0 Å². The van der Waals surface area contributed by atoms with E-state index in [1.54, 1.807) is 0 Å². The highest BCUT2D eigenvalue weighted by Crippen LogP contribution is 2.27. The second kappa shape index (κ2) is 3.08. The molecule has 1 aromatic rings. The van der Waals surface area contributed by atoms with Gasteiger partial charge in [-0.2, -0.15) is 18.2 Å². The van der Waals surface area contributed by atoms with Gasteiger partial charge in [0.25, 0.3) is 0 Å². The minimum Gasteiger partial charge on any atom is -0.325 e. The van der Waals surface area contributed by atoms with Crippen LogP contribution in [-0.2, 0) is 6.18 Å². The standard InChI is InChI=1S/C6H6F3N3O/c1-10-12-3-4(6(7,8)9)2-11-5(12)13/h2-3,10H,1H3. The van der Waals surface area contributed by atoms with Gasteiger partial charge in [-0.15, -0.1) is 0 Å². The largest absolute Gasteiger partial charge is 0.419 e. The number of halogens is 3. The molecule has 0 atom stereocenters. The van der Waals surface area contributed by atoms with Gasteiger partial charge >= 0.3 is 11.9 Å². The van der Waals surface area contributed by atoms with Gasteiger partial charge in [0.1, 0.15) is 0 Å². The van der Waals surface area contributed by atoms with E-state index in [-0.39, 0.29) is 0 Å². The van der Waals surface area contributed by atoms with E-state index in [1.165, 1.54) is 7.05 Å². The second-order valence-electron chi connectivity index (χ2n) is 2.22. The smallest absolute Gasteiger partial charge is 0.325 e. The number of hydrogen-bond acceptors (Lipinski definition) is 3. The van der Waals surface area contributed by atoms with Crippen LogP contribution in [0, 0.1) is 0 Å². The van der Waals surface area contributed by atoms with E-state index in [0.29, 0.717) is 17.1 Å². The molecule has 0 radical (unpaired) electrons. The zero-order valence-corrected chi connectivity index (χ0v) is 6.59. The van der Waals surface area contributed by atoms with Crippen molar-refractivity contribution in [3.8, 4) is 0 Å². The summed E-state index contributed by atoms with van der Waals surface area (Å²) in [4.78, 5) is 13.8. The Labute approximate surface area is 71.0 Å². The van der Waals surface area contributed by atoms with Gasteiger partial charge in [-0.3, -0.25) is 0 Å². The molecule has 13 heavy (non-hydrogen) atoms. The first-order valence-electron chi connectivity index (χ1n) is 3.29. The average molecular weight is 193 g/mol. The van der Waals surface area contributed by atoms with E-state index in [1.807, 2.05) is 0 Å².